The third-order valence-electron chi connectivity index (χ3n) is 2.52. The molecule has 6 heteroatoms. The SMILES string of the molecule is Cc1cc(C)nc(NC(=O)Nc2ccc(Cl)cc2Cl)c1. The molecule has 0 aliphatic rings. The molecule has 0 bridgehead atoms. The van der Waals surface area contributed by atoms with Gasteiger partial charge in [-0.15, -0.1) is 0 Å². The second-order valence-electron chi connectivity index (χ2n) is 4.37. The molecule has 0 aliphatic carbocycles. The van der Waals surface area contributed by atoms with E-state index in [1.807, 2.05) is 19.9 Å². The summed E-state index contributed by atoms with van der Waals surface area (Å²) in [4.78, 5) is 16.1. The number of pyridine rings is 1. The molecule has 2 amide bonds. The molecule has 4 nitrogen and oxygen atoms in total. The van der Waals surface area contributed by atoms with Gasteiger partial charge in [0.2, 0.25) is 0 Å². The standard InChI is InChI=1S/C14H13Cl2N3O/c1-8-5-9(2)17-13(6-8)19-14(20)18-12-4-3-10(15)7-11(12)16/h3-7H,1-2H3,(H2,17,18,19,20). The lowest BCUT2D eigenvalue weighted by molar-refractivity contribution is 0.262. The average molecular weight is 310 g/mol. The Morgan fingerprint density at radius 1 is 1.10 bits per heavy atom. The minimum Gasteiger partial charge on any atom is -0.306 e. The molecule has 0 saturated heterocycles. The Kier molecular flexibility index (Phi) is 4.47. The summed E-state index contributed by atoms with van der Waals surface area (Å²) in [6.07, 6.45) is 0. The van der Waals surface area contributed by atoms with E-state index >= 15 is 0 Å². The van der Waals surface area contributed by atoms with E-state index < -0.39 is 6.03 Å². The molecule has 0 spiro atoms. The quantitative estimate of drug-likeness (QED) is 0.848. The zero-order valence-electron chi connectivity index (χ0n) is 11.0. The van der Waals surface area contributed by atoms with Crippen molar-refractivity contribution in [1.82, 2.24) is 4.98 Å². The molecule has 2 N–H and O–H groups in total. The summed E-state index contributed by atoms with van der Waals surface area (Å²) in [5, 5.41) is 6.19. The van der Waals surface area contributed by atoms with Crippen molar-refractivity contribution < 1.29 is 4.79 Å². The molecule has 1 heterocycles. The van der Waals surface area contributed by atoms with E-state index in [9.17, 15) is 4.79 Å². The number of hydrogen-bond donors (Lipinski definition) is 2. The zero-order valence-corrected chi connectivity index (χ0v) is 12.5. The van der Waals surface area contributed by atoms with Crippen molar-refractivity contribution in [2.24, 2.45) is 0 Å². The van der Waals surface area contributed by atoms with Gasteiger partial charge in [0.1, 0.15) is 5.82 Å². The number of nitrogens with one attached hydrogen (secondary N) is 2. The van der Waals surface area contributed by atoms with Crippen molar-refractivity contribution in [3.05, 3.63) is 51.6 Å². The van der Waals surface area contributed by atoms with Crippen LogP contribution in [0.15, 0.2) is 30.3 Å². The minimum atomic E-state index is -0.410. The summed E-state index contributed by atoms with van der Waals surface area (Å²) < 4.78 is 0. The first-order valence-electron chi connectivity index (χ1n) is 5.92. The van der Waals surface area contributed by atoms with E-state index in [1.54, 1.807) is 24.3 Å². The number of halogens is 2. The van der Waals surface area contributed by atoms with E-state index in [4.69, 9.17) is 23.2 Å². The van der Waals surface area contributed by atoms with Crippen LogP contribution in [-0.2, 0) is 0 Å². The predicted octanol–water partition coefficient (Wildman–Crippen LogP) is 4.65. The number of anilines is 2. The van der Waals surface area contributed by atoms with Gasteiger partial charge in [0.25, 0.3) is 0 Å². The van der Waals surface area contributed by atoms with Gasteiger partial charge in [0.05, 0.1) is 10.7 Å². The van der Waals surface area contributed by atoms with Crippen LogP contribution in [0, 0.1) is 13.8 Å². The molecule has 2 rings (SSSR count). The highest BCUT2D eigenvalue weighted by molar-refractivity contribution is 6.36. The lowest BCUT2D eigenvalue weighted by Gasteiger charge is -2.09. The van der Waals surface area contributed by atoms with Crippen LogP contribution in [-0.4, -0.2) is 11.0 Å². The van der Waals surface area contributed by atoms with Gasteiger partial charge in [0.15, 0.2) is 0 Å². The lowest BCUT2D eigenvalue weighted by atomic mass is 10.2. The molecular weight excluding hydrogens is 297 g/mol. The Balaban J connectivity index is 2.09. The molecule has 0 aliphatic heterocycles. The van der Waals surface area contributed by atoms with E-state index in [-0.39, 0.29) is 0 Å². The van der Waals surface area contributed by atoms with Crippen molar-refractivity contribution in [3.8, 4) is 0 Å². The molecule has 1 aromatic carbocycles. The fourth-order valence-corrected chi connectivity index (χ4v) is 2.22. The molecular formula is C14H13Cl2N3O. The van der Waals surface area contributed by atoms with Gasteiger partial charge in [-0.2, -0.15) is 0 Å². The topological polar surface area (TPSA) is 54.0 Å². The Bertz CT molecular complexity index is 639. The van der Waals surface area contributed by atoms with Crippen LogP contribution < -0.4 is 10.6 Å². The Hall–Kier alpha value is -1.78. The van der Waals surface area contributed by atoms with Crippen molar-refractivity contribution >= 4 is 40.7 Å². The molecule has 104 valence electrons. The van der Waals surface area contributed by atoms with E-state index in [0.717, 1.165) is 11.3 Å². The van der Waals surface area contributed by atoms with Gasteiger partial charge in [-0.1, -0.05) is 23.2 Å². The molecule has 0 saturated carbocycles. The number of urea groups is 1. The number of benzene rings is 1. The summed E-state index contributed by atoms with van der Waals surface area (Å²) in [5.74, 6) is 0.491. The van der Waals surface area contributed by atoms with Crippen LogP contribution in [0.4, 0.5) is 16.3 Å². The van der Waals surface area contributed by atoms with Gasteiger partial charge >= 0.3 is 6.03 Å². The third-order valence-corrected chi connectivity index (χ3v) is 3.07. The highest BCUT2D eigenvalue weighted by atomic mass is 35.5. The Morgan fingerprint density at radius 3 is 2.50 bits per heavy atom. The van der Waals surface area contributed by atoms with Gasteiger partial charge in [-0.3, -0.25) is 5.32 Å². The minimum absolute atomic E-state index is 0.376. The van der Waals surface area contributed by atoms with Gasteiger partial charge in [0, 0.05) is 10.7 Å². The summed E-state index contributed by atoms with van der Waals surface area (Å²) in [5.41, 5.74) is 2.35. The van der Waals surface area contributed by atoms with E-state index in [2.05, 4.69) is 15.6 Å². The number of carbonyl (C=O) groups is 1. The predicted molar refractivity (Wildman–Crippen MR) is 82.8 cm³/mol. The van der Waals surface area contributed by atoms with Crippen LogP contribution in [0.2, 0.25) is 10.0 Å². The summed E-state index contributed by atoms with van der Waals surface area (Å²) in [7, 11) is 0. The van der Waals surface area contributed by atoms with Crippen molar-refractivity contribution in [2.75, 3.05) is 10.6 Å². The number of aryl methyl sites for hydroxylation is 2. The average Bonchev–Trinajstić information content (AvgIpc) is 2.31. The van der Waals surface area contributed by atoms with Crippen LogP contribution in [0.1, 0.15) is 11.3 Å². The molecule has 0 atom stereocenters. The van der Waals surface area contributed by atoms with Crippen LogP contribution in [0.3, 0.4) is 0 Å². The first-order valence-corrected chi connectivity index (χ1v) is 6.68. The number of hydrogen-bond acceptors (Lipinski definition) is 2. The van der Waals surface area contributed by atoms with Crippen molar-refractivity contribution in [3.63, 3.8) is 0 Å². The second kappa shape index (κ2) is 6.11. The zero-order chi connectivity index (χ0) is 14.7. The maximum Gasteiger partial charge on any atom is 0.324 e. The van der Waals surface area contributed by atoms with Gasteiger partial charge in [-0.25, -0.2) is 9.78 Å². The lowest BCUT2D eigenvalue weighted by Crippen LogP contribution is -2.20. The summed E-state index contributed by atoms with van der Waals surface area (Å²) >= 11 is 11.8. The van der Waals surface area contributed by atoms with Crippen LogP contribution in [0.5, 0.6) is 0 Å². The van der Waals surface area contributed by atoms with Gasteiger partial charge in [-0.05, 0) is 49.7 Å². The first kappa shape index (κ1) is 14.6. The smallest absolute Gasteiger partial charge is 0.306 e. The number of nitrogens with zero attached hydrogens (tertiary/aromatic N) is 1. The largest absolute Gasteiger partial charge is 0.324 e. The molecule has 1 aromatic heterocycles. The van der Waals surface area contributed by atoms with E-state index in [0.29, 0.717) is 21.6 Å². The van der Waals surface area contributed by atoms with Crippen molar-refractivity contribution in [2.45, 2.75) is 13.8 Å². The molecule has 20 heavy (non-hydrogen) atoms. The van der Waals surface area contributed by atoms with Crippen molar-refractivity contribution in [1.29, 1.82) is 0 Å². The maximum atomic E-state index is 11.9. The highest BCUT2D eigenvalue weighted by Crippen LogP contribution is 2.25. The van der Waals surface area contributed by atoms with Crippen LogP contribution >= 0.6 is 23.2 Å². The number of rotatable bonds is 2. The first-order chi connectivity index (χ1) is 9.44. The Morgan fingerprint density at radius 2 is 1.85 bits per heavy atom. The fourth-order valence-electron chi connectivity index (χ4n) is 1.77. The second-order valence-corrected chi connectivity index (χ2v) is 5.22. The highest BCUT2D eigenvalue weighted by Gasteiger charge is 2.07. The molecule has 0 radical (unpaired) electrons. The van der Waals surface area contributed by atoms with Gasteiger partial charge < -0.3 is 5.32 Å². The molecule has 2 aromatic rings. The number of carbonyl (C=O) groups excluding carboxylic acids is 1. The third kappa shape index (κ3) is 3.85. The monoisotopic (exact) mass is 309 g/mol. The normalized spacial score (nSPS) is 10.2. The number of aromatic nitrogens is 1. The summed E-state index contributed by atoms with van der Waals surface area (Å²) in [6.45, 7) is 3.81. The maximum absolute atomic E-state index is 11.9. The fraction of sp³-hybridized carbons (Fsp3) is 0.143. The summed E-state index contributed by atoms with van der Waals surface area (Å²) in [6, 6.07) is 8.16. The number of amides is 2. The van der Waals surface area contributed by atoms with E-state index in [1.165, 1.54) is 0 Å². The molecule has 0 fully saturated rings. The van der Waals surface area contributed by atoms with Crippen LogP contribution in [0.25, 0.3) is 0 Å². The molecule has 0 unspecified atom stereocenters. The Labute approximate surface area is 127 Å².